The first-order chi connectivity index (χ1) is 16.9. The molecule has 0 atom stereocenters. The van der Waals surface area contributed by atoms with Gasteiger partial charge in [-0.25, -0.2) is 9.59 Å². The minimum atomic E-state index is -1.15. The molecule has 0 amide bonds. The number of carbonyl (C=O) groups is 2. The number of carboxylic acid groups (broad SMARTS) is 2. The van der Waals surface area contributed by atoms with E-state index in [0.717, 1.165) is 49.1 Å². The van der Waals surface area contributed by atoms with Gasteiger partial charge in [-0.15, -0.1) is 0 Å². The van der Waals surface area contributed by atoms with Crippen molar-refractivity contribution < 1.29 is 19.8 Å². The Bertz CT molecular complexity index is 723. The molecule has 0 aliphatic carbocycles. The van der Waals surface area contributed by atoms with Crippen molar-refractivity contribution >= 4 is 11.9 Å². The summed E-state index contributed by atoms with van der Waals surface area (Å²) in [6.45, 7) is 6.78. The lowest BCUT2D eigenvalue weighted by Gasteiger charge is -2.15. The molecule has 1 rings (SSSR count). The monoisotopic (exact) mass is 488 g/mol. The molecule has 4 heteroatoms. The molecule has 0 saturated carbocycles. The van der Waals surface area contributed by atoms with E-state index in [1.54, 1.807) is 0 Å². The SMILES string of the molecule is CCCCCCCCCCCCc1c(CCCCCCCCC(C)C)ccc(C(=O)O)c1C(=O)O. The molecule has 0 heterocycles. The van der Waals surface area contributed by atoms with Gasteiger partial charge in [0.15, 0.2) is 0 Å². The minimum Gasteiger partial charge on any atom is -0.478 e. The van der Waals surface area contributed by atoms with Gasteiger partial charge in [-0.05, 0) is 48.8 Å². The lowest BCUT2D eigenvalue weighted by Crippen LogP contribution is -2.14. The standard InChI is InChI=1S/C31H52O4/c1-4-5-6-7-8-9-10-11-16-19-22-27-26(21-18-15-13-12-14-17-20-25(2)3)23-24-28(30(32)33)29(27)31(34)35/h23-25H,4-22H2,1-3H3,(H,32,33)(H,34,35). The van der Waals surface area contributed by atoms with Gasteiger partial charge in [-0.3, -0.25) is 0 Å². The zero-order chi connectivity index (χ0) is 25.9. The van der Waals surface area contributed by atoms with Crippen molar-refractivity contribution in [2.24, 2.45) is 5.92 Å². The normalized spacial score (nSPS) is 11.3. The highest BCUT2D eigenvalue weighted by atomic mass is 16.4. The lowest BCUT2D eigenvalue weighted by atomic mass is 9.89. The predicted molar refractivity (Wildman–Crippen MR) is 147 cm³/mol. The van der Waals surface area contributed by atoms with E-state index in [0.29, 0.717) is 6.42 Å². The van der Waals surface area contributed by atoms with Crippen molar-refractivity contribution in [2.45, 2.75) is 143 Å². The second-order valence-electron chi connectivity index (χ2n) is 10.7. The van der Waals surface area contributed by atoms with Crippen LogP contribution in [0.15, 0.2) is 12.1 Å². The third-order valence-corrected chi connectivity index (χ3v) is 7.11. The summed E-state index contributed by atoms with van der Waals surface area (Å²) in [5.41, 5.74) is 1.73. The van der Waals surface area contributed by atoms with Crippen molar-refractivity contribution in [3.63, 3.8) is 0 Å². The molecular weight excluding hydrogens is 436 g/mol. The molecule has 0 aliphatic rings. The Kier molecular flexibility index (Phi) is 17.3. The van der Waals surface area contributed by atoms with Gasteiger partial charge in [0.25, 0.3) is 0 Å². The number of unbranched alkanes of at least 4 members (excludes halogenated alkanes) is 14. The number of aryl methyl sites for hydroxylation is 1. The molecular formula is C31H52O4. The fourth-order valence-electron chi connectivity index (χ4n) is 5.00. The van der Waals surface area contributed by atoms with E-state index in [1.807, 2.05) is 6.07 Å². The Labute approximate surface area is 214 Å². The Morgan fingerprint density at radius 2 is 1.14 bits per heavy atom. The van der Waals surface area contributed by atoms with E-state index >= 15 is 0 Å². The summed E-state index contributed by atoms with van der Waals surface area (Å²) in [6.07, 6.45) is 22.3. The van der Waals surface area contributed by atoms with Crippen LogP contribution in [-0.4, -0.2) is 22.2 Å². The molecule has 0 aromatic heterocycles. The molecule has 0 aliphatic heterocycles. The highest BCUT2D eigenvalue weighted by Crippen LogP contribution is 2.25. The Morgan fingerprint density at radius 3 is 1.63 bits per heavy atom. The maximum Gasteiger partial charge on any atom is 0.336 e. The quantitative estimate of drug-likeness (QED) is 0.159. The highest BCUT2D eigenvalue weighted by Gasteiger charge is 2.22. The largest absolute Gasteiger partial charge is 0.478 e. The molecule has 0 radical (unpaired) electrons. The molecule has 0 bridgehead atoms. The van der Waals surface area contributed by atoms with Crippen LogP contribution < -0.4 is 0 Å². The minimum absolute atomic E-state index is 0.0135. The smallest absolute Gasteiger partial charge is 0.336 e. The third kappa shape index (κ3) is 13.7. The average molecular weight is 489 g/mol. The van der Waals surface area contributed by atoms with Crippen LogP contribution in [0.2, 0.25) is 0 Å². The third-order valence-electron chi connectivity index (χ3n) is 7.11. The molecule has 0 saturated heterocycles. The summed E-state index contributed by atoms with van der Waals surface area (Å²) < 4.78 is 0. The summed E-state index contributed by atoms with van der Waals surface area (Å²) in [5.74, 6) is -1.49. The van der Waals surface area contributed by atoms with Crippen molar-refractivity contribution in [1.29, 1.82) is 0 Å². The molecule has 0 spiro atoms. The highest BCUT2D eigenvalue weighted by molar-refractivity contribution is 6.03. The lowest BCUT2D eigenvalue weighted by molar-refractivity contribution is 0.0650. The number of hydrogen-bond donors (Lipinski definition) is 2. The molecule has 4 nitrogen and oxygen atoms in total. The Morgan fingerprint density at radius 1 is 0.657 bits per heavy atom. The summed E-state index contributed by atoms with van der Waals surface area (Å²) in [4.78, 5) is 23.7. The van der Waals surface area contributed by atoms with Gasteiger partial charge in [-0.2, -0.15) is 0 Å². The van der Waals surface area contributed by atoms with Crippen LogP contribution in [0.1, 0.15) is 162 Å². The van der Waals surface area contributed by atoms with Gasteiger partial charge in [0.05, 0.1) is 11.1 Å². The summed E-state index contributed by atoms with van der Waals surface area (Å²) >= 11 is 0. The van der Waals surface area contributed by atoms with E-state index in [-0.39, 0.29) is 11.1 Å². The number of carboxylic acids is 2. The van der Waals surface area contributed by atoms with Crippen LogP contribution in [0.3, 0.4) is 0 Å². The van der Waals surface area contributed by atoms with Crippen LogP contribution in [-0.2, 0) is 12.8 Å². The van der Waals surface area contributed by atoms with E-state index in [1.165, 1.54) is 89.5 Å². The predicted octanol–water partition coefficient (Wildman–Crippen LogP) is 9.48. The van der Waals surface area contributed by atoms with Gasteiger partial charge < -0.3 is 10.2 Å². The fourth-order valence-corrected chi connectivity index (χ4v) is 5.00. The first-order valence-corrected chi connectivity index (χ1v) is 14.5. The van der Waals surface area contributed by atoms with Crippen molar-refractivity contribution in [1.82, 2.24) is 0 Å². The van der Waals surface area contributed by atoms with Gasteiger partial charge in [0.1, 0.15) is 0 Å². The van der Waals surface area contributed by atoms with E-state index in [2.05, 4.69) is 20.8 Å². The zero-order valence-corrected chi connectivity index (χ0v) is 22.9. The summed E-state index contributed by atoms with van der Waals surface area (Å²) in [6, 6.07) is 3.36. The van der Waals surface area contributed by atoms with Crippen molar-refractivity contribution in [2.75, 3.05) is 0 Å². The van der Waals surface area contributed by atoms with Crippen molar-refractivity contribution in [3.8, 4) is 0 Å². The second-order valence-corrected chi connectivity index (χ2v) is 10.7. The molecule has 0 unspecified atom stereocenters. The van der Waals surface area contributed by atoms with Gasteiger partial charge in [-0.1, -0.05) is 123 Å². The molecule has 35 heavy (non-hydrogen) atoms. The van der Waals surface area contributed by atoms with Gasteiger partial charge in [0.2, 0.25) is 0 Å². The molecule has 1 aromatic carbocycles. The number of rotatable bonds is 22. The van der Waals surface area contributed by atoms with Crippen LogP contribution >= 0.6 is 0 Å². The van der Waals surface area contributed by atoms with E-state index in [4.69, 9.17) is 0 Å². The molecule has 0 fully saturated rings. The molecule has 200 valence electrons. The summed E-state index contributed by atoms with van der Waals surface area (Å²) in [5, 5.41) is 19.4. The fraction of sp³-hybridized carbons (Fsp3) is 0.742. The maximum absolute atomic E-state index is 12.0. The number of hydrogen-bond acceptors (Lipinski definition) is 2. The molecule has 1 aromatic rings. The van der Waals surface area contributed by atoms with Crippen LogP contribution in [0.4, 0.5) is 0 Å². The van der Waals surface area contributed by atoms with E-state index in [9.17, 15) is 19.8 Å². The van der Waals surface area contributed by atoms with E-state index < -0.39 is 11.9 Å². The van der Waals surface area contributed by atoms with Gasteiger partial charge in [0, 0.05) is 0 Å². The van der Waals surface area contributed by atoms with Crippen LogP contribution in [0, 0.1) is 5.92 Å². The Balaban J connectivity index is 2.58. The zero-order valence-electron chi connectivity index (χ0n) is 22.9. The van der Waals surface area contributed by atoms with Crippen LogP contribution in [0.25, 0.3) is 0 Å². The topological polar surface area (TPSA) is 74.6 Å². The van der Waals surface area contributed by atoms with Crippen molar-refractivity contribution in [3.05, 3.63) is 34.4 Å². The van der Waals surface area contributed by atoms with Gasteiger partial charge >= 0.3 is 11.9 Å². The average Bonchev–Trinajstić information content (AvgIpc) is 2.81. The number of aromatic carboxylic acids is 2. The first kappa shape index (κ1) is 31.2. The first-order valence-electron chi connectivity index (χ1n) is 14.5. The maximum atomic E-state index is 12.0. The number of benzene rings is 1. The summed E-state index contributed by atoms with van der Waals surface area (Å²) in [7, 11) is 0. The molecule has 2 N–H and O–H groups in total. The Hall–Kier alpha value is -1.84. The second kappa shape index (κ2) is 19.4. The van der Waals surface area contributed by atoms with Crippen LogP contribution in [0.5, 0.6) is 0 Å².